The molecule has 0 unspecified atom stereocenters. The molecule has 148 valence electrons. The number of anilines is 1. The summed E-state index contributed by atoms with van der Waals surface area (Å²) in [7, 11) is 0. The summed E-state index contributed by atoms with van der Waals surface area (Å²) in [5.41, 5.74) is 3.26. The van der Waals surface area contributed by atoms with Crippen LogP contribution in [0, 0.1) is 6.92 Å². The Labute approximate surface area is 167 Å². The summed E-state index contributed by atoms with van der Waals surface area (Å²) in [5.74, 6) is -0.311. The van der Waals surface area contributed by atoms with Gasteiger partial charge < -0.3 is 15.0 Å². The molecule has 1 fully saturated rings. The Hall–Kier alpha value is -3.59. The molecule has 1 aliphatic heterocycles. The minimum absolute atomic E-state index is 0.0484. The van der Waals surface area contributed by atoms with Gasteiger partial charge in [-0.1, -0.05) is 6.07 Å². The number of benzene rings is 2. The number of hydrogen-bond donors (Lipinski definition) is 1. The Bertz CT molecular complexity index is 1010. The first-order valence-corrected chi connectivity index (χ1v) is 9.24. The fourth-order valence-electron chi connectivity index (χ4n) is 3.12. The summed E-state index contributed by atoms with van der Waals surface area (Å²) in [5, 5.41) is 13.9. The van der Waals surface area contributed by atoms with Crippen LogP contribution in [0.2, 0.25) is 0 Å². The molecule has 4 rings (SSSR count). The molecule has 2 amide bonds. The average molecular weight is 392 g/mol. The summed E-state index contributed by atoms with van der Waals surface area (Å²) < 4.78 is 6.82. The van der Waals surface area contributed by atoms with Gasteiger partial charge in [0.2, 0.25) is 0 Å². The minimum Gasteiger partial charge on any atom is -0.378 e. The zero-order valence-electron chi connectivity index (χ0n) is 15.9. The number of carbonyl (C=O) groups excluding carboxylic acids is 2. The quantitative estimate of drug-likeness (QED) is 0.725. The third-order valence-electron chi connectivity index (χ3n) is 4.77. The van der Waals surface area contributed by atoms with Crippen LogP contribution in [0.15, 0.2) is 48.8 Å². The molecule has 9 nitrogen and oxygen atoms in total. The number of ether oxygens (including phenoxy) is 1. The molecule has 2 heterocycles. The zero-order chi connectivity index (χ0) is 20.2. The summed E-state index contributed by atoms with van der Waals surface area (Å²) in [6.45, 7) is 4.12. The number of hydrogen-bond acceptors (Lipinski definition) is 6. The molecule has 1 saturated heterocycles. The second-order valence-electron chi connectivity index (χ2n) is 6.69. The van der Waals surface area contributed by atoms with Crippen molar-refractivity contribution >= 4 is 17.5 Å². The highest BCUT2D eigenvalue weighted by molar-refractivity contribution is 6.05. The number of aromatic nitrogens is 4. The summed E-state index contributed by atoms with van der Waals surface area (Å²) in [6.07, 6.45) is 1.48. The SMILES string of the molecule is Cc1ccc(NC(=O)c2ccc(-n3cnnn3)cc2)cc1C(=O)N1CCOCC1. The summed E-state index contributed by atoms with van der Waals surface area (Å²) in [6, 6.07) is 12.3. The third kappa shape index (κ3) is 4.14. The molecule has 0 saturated carbocycles. The number of aryl methyl sites for hydroxylation is 1. The fraction of sp³-hybridized carbons (Fsp3) is 0.250. The first kappa shape index (κ1) is 18.8. The third-order valence-corrected chi connectivity index (χ3v) is 4.77. The van der Waals surface area contributed by atoms with E-state index in [1.807, 2.05) is 13.0 Å². The van der Waals surface area contributed by atoms with Crippen molar-refractivity contribution in [1.29, 1.82) is 0 Å². The summed E-state index contributed by atoms with van der Waals surface area (Å²) in [4.78, 5) is 27.2. The number of nitrogens with zero attached hydrogens (tertiary/aromatic N) is 5. The Kier molecular flexibility index (Phi) is 5.30. The number of morpholine rings is 1. The lowest BCUT2D eigenvalue weighted by Crippen LogP contribution is -2.41. The van der Waals surface area contributed by atoms with Gasteiger partial charge in [0.1, 0.15) is 6.33 Å². The molecule has 1 aromatic heterocycles. The van der Waals surface area contributed by atoms with E-state index >= 15 is 0 Å². The van der Waals surface area contributed by atoms with E-state index in [4.69, 9.17) is 4.74 Å². The molecule has 2 aromatic carbocycles. The minimum atomic E-state index is -0.262. The molecule has 0 spiro atoms. The van der Waals surface area contributed by atoms with E-state index in [0.29, 0.717) is 43.1 Å². The first-order valence-electron chi connectivity index (χ1n) is 9.24. The van der Waals surface area contributed by atoms with Crippen LogP contribution in [0.3, 0.4) is 0 Å². The van der Waals surface area contributed by atoms with Gasteiger partial charge in [-0.2, -0.15) is 0 Å². The van der Waals surface area contributed by atoms with Gasteiger partial charge in [-0.25, -0.2) is 4.68 Å². The van der Waals surface area contributed by atoms with Gasteiger partial charge >= 0.3 is 0 Å². The Morgan fingerprint density at radius 3 is 2.52 bits per heavy atom. The van der Waals surface area contributed by atoms with Gasteiger partial charge in [0.05, 0.1) is 18.9 Å². The van der Waals surface area contributed by atoms with Crippen molar-refractivity contribution in [3.8, 4) is 5.69 Å². The van der Waals surface area contributed by atoms with Crippen LogP contribution in [0.5, 0.6) is 0 Å². The molecule has 9 heteroatoms. The number of carbonyl (C=O) groups is 2. The molecule has 1 aliphatic rings. The molecule has 3 aromatic rings. The van der Waals surface area contributed by atoms with Crippen molar-refractivity contribution in [3.05, 3.63) is 65.5 Å². The maximum Gasteiger partial charge on any atom is 0.255 e. The molecule has 29 heavy (non-hydrogen) atoms. The Balaban J connectivity index is 1.49. The van der Waals surface area contributed by atoms with Crippen molar-refractivity contribution in [2.24, 2.45) is 0 Å². The fourth-order valence-corrected chi connectivity index (χ4v) is 3.12. The van der Waals surface area contributed by atoms with E-state index in [0.717, 1.165) is 11.3 Å². The van der Waals surface area contributed by atoms with Crippen molar-refractivity contribution in [2.45, 2.75) is 6.92 Å². The molecular weight excluding hydrogens is 372 g/mol. The summed E-state index contributed by atoms with van der Waals surface area (Å²) >= 11 is 0. The Morgan fingerprint density at radius 2 is 1.83 bits per heavy atom. The lowest BCUT2D eigenvalue weighted by molar-refractivity contribution is 0.0302. The van der Waals surface area contributed by atoms with Gasteiger partial charge in [0.15, 0.2) is 0 Å². The van der Waals surface area contributed by atoms with Crippen LogP contribution >= 0.6 is 0 Å². The highest BCUT2D eigenvalue weighted by Crippen LogP contribution is 2.19. The van der Waals surface area contributed by atoms with E-state index in [-0.39, 0.29) is 11.8 Å². The molecule has 1 N–H and O–H groups in total. The normalized spacial score (nSPS) is 13.9. The van der Waals surface area contributed by atoms with Crippen LogP contribution in [0.1, 0.15) is 26.3 Å². The van der Waals surface area contributed by atoms with E-state index in [9.17, 15) is 9.59 Å². The molecule has 0 radical (unpaired) electrons. The predicted octanol–water partition coefficient (Wildman–Crippen LogP) is 1.70. The highest BCUT2D eigenvalue weighted by atomic mass is 16.5. The van der Waals surface area contributed by atoms with Gasteiger partial charge in [-0.15, -0.1) is 5.10 Å². The van der Waals surface area contributed by atoms with E-state index < -0.39 is 0 Å². The highest BCUT2D eigenvalue weighted by Gasteiger charge is 2.20. The second kappa shape index (κ2) is 8.19. The van der Waals surface area contributed by atoms with Crippen LogP contribution in [-0.2, 0) is 4.74 Å². The molecule has 0 atom stereocenters. The van der Waals surface area contributed by atoms with Gasteiger partial charge in [-0.05, 0) is 59.3 Å². The van der Waals surface area contributed by atoms with Crippen LogP contribution < -0.4 is 5.32 Å². The average Bonchev–Trinajstić information content (AvgIpc) is 3.30. The van der Waals surface area contributed by atoms with Gasteiger partial charge in [0, 0.05) is 29.9 Å². The van der Waals surface area contributed by atoms with Gasteiger partial charge in [0.25, 0.3) is 11.8 Å². The lowest BCUT2D eigenvalue weighted by Gasteiger charge is -2.27. The number of nitrogens with one attached hydrogen (secondary N) is 1. The molecule has 0 aliphatic carbocycles. The van der Waals surface area contributed by atoms with Crippen molar-refractivity contribution in [2.75, 3.05) is 31.6 Å². The predicted molar refractivity (Wildman–Crippen MR) is 105 cm³/mol. The number of rotatable bonds is 4. The lowest BCUT2D eigenvalue weighted by atomic mass is 10.1. The van der Waals surface area contributed by atoms with Crippen LogP contribution in [-0.4, -0.2) is 63.2 Å². The van der Waals surface area contributed by atoms with E-state index in [1.165, 1.54) is 11.0 Å². The van der Waals surface area contributed by atoms with E-state index in [2.05, 4.69) is 20.8 Å². The number of tetrazole rings is 1. The standard InChI is InChI=1S/C20H20N6O3/c1-14-2-5-16(12-18(14)20(28)25-8-10-29-11-9-25)22-19(27)15-3-6-17(7-4-15)26-13-21-23-24-26/h2-7,12-13H,8-11H2,1H3,(H,22,27). The van der Waals surface area contributed by atoms with Crippen molar-refractivity contribution < 1.29 is 14.3 Å². The Morgan fingerprint density at radius 1 is 1.07 bits per heavy atom. The number of amides is 2. The van der Waals surface area contributed by atoms with Crippen molar-refractivity contribution in [1.82, 2.24) is 25.1 Å². The monoisotopic (exact) mass is 392 g/mol. The maximum atomic E-state index is 12.8. The largest absolute Gasteiger partial charge is 0.378 e. The van der Waals surface area contributed by atoms with Crippen LogP contribution in [0.4, 0.5) is 5.69 Å². The van der Waals surface area contributed by atoms with Gasteiger partial charge in [-0.3, -0.25) is 9.59 Å². The second-order valence-corrected chi connectivity index (χ2v) is 6.69. The smallest absolute Gasteiger partial charge is 0.255 e. The molecule has 0 bridgehead atoms. The zero-order valence-corrected chi connectivity index (χ0v) is 15.9. The van der Waals surface area contributed by atoms with E-state index in [1.54, 1.807) is 41.3 Å². The van der Waals surface area contributed by atoms with Crippen molar-refractivity contribution in [3.63, 3.8) is 0 Å². The topological polar surface area (TPSA) is 102 Å². The van der Waals surface area contributed by atoms with Crippen LogP contribution in [0.25, 0.3) is 5.69 Å². The first-order chi connectivity index (χ1) is 14.1. The maximum absolute atomic E-state index is 12.8. The molecular formula is C20H20N6O3.